The molecule has 5 heteroatoms. The van der Waals surface area contributed by atoms with E-state index in [0.29, 0.717) is 12.1 Å². The molecule has 0 amide bonds. The topological polar surface area (TPSA) is 48.7 Å². The first-order chi connectivity index (χ1) is 14.0. The van der Waals surface area contributed by atoms with Gasteiger partial charge in [0.1, 0.15) is 5.58 Å². The highest BCUT2D eigenvalue weighted by atomic mass is 16.4. The Labute approximate surface area is 171 Å². The van der Waals surface area contributed by atoms with Gasteiger partial charge in [0, 0.05) is 55.6 Å². The summed E-state index contributed by atoms with van der Waals surface area (Å²) in [7, 11) is 0. The maximum absolute atomic E-state index is 12.0. The molecule has 2 aromatic carbocycles. The molecule has 3 aromatic rings. The van der Waals surface area contributed by atoms with Crippen LogP contribution in [0.3, 0.4) is 0 Å². The quantitative estimate of drug-likeness (QED) is 0.662. The summed E-state index contributed by atoms with van der Waals surface area (Å²) in [6, 6.07) is 14.3. The van der Waals surface area contributed by atoms with Gasteiger partial charge in [0.05, 0.1) is 0 Å². The van der Waals surface area contributed by atoms with Crippen molar-refractivity contribution in [3.05, 3.63) is 69.6 Å². The van der Waals surface area contributed by atoms with Crippen molar-refractivity contribution in [2.24, 2.45) is 0 Å². The number of fused-ring (bicyclic) bond motifs is 1. The van der Waals surface area contributed by atoms with Gasteiger partial charge in [0.15, 0.2) is 0 Å². The van der Waals surface area contributed by atoms with Gasteiger partial charge in [-0.2, -0.15) is 0 Å². The third kappa shape index (κ3) is 4.15. The van der Waals surface area contributed by atoms with Crippen LogP contribution in [-0.4, -0.2) is 37.6 Å². The van der Waals surface area contributed by atoms with Crippen LogP contribution in [0.2, 0.25) is 0 Å². The second-order valence-electron chi connectivity index (χ2n) is 7.80. The molecule has 1 aliphatic rings. The third-order valence-electron chi connectivity index (χ3n) is 6.05. The molecule has 1 aromatic heterocycles. The summed E-state index contributed by atoms with van der Waals surface area (Å²) in [4.78, 5) is 17.0. The molecule has 152 valence electrons. The second kappa shape index (κ2) is 8.29. The van der Waals surface area contributed by atoms with Crippen molar-refractivity contribution in [3.63, 3.8) is 0 Å². The molecule has 4 rings (SSSR count). The van der Waals surface area contributed by atoms with E-state index in [0.717, 1.165) is 60.5 Å². The van der Waals surface area contributed by atoms with E-state index in [2.05, 4.69) is 52.4 Å². The van der Waals surface area contributed by atoms with E-state index in [1.165, 1.54) is 5.69 Å². The van der Waals surface area contributed by atoms with Crippen LogP contribution in [0.1, 0.15) is 23.6 Å². The molecule has 0 spiro atoms. The molecule has 2 heterocycles. The van der Waals surface area contributed by atoms with Gasteiger partial charge in [-0.05, 0) is 61.3 Å². The van der Waals surface area contributed by atoms with Crippen LogP contribution in [0.25, 0.3) is 11.0 Å². The zero-order valence-electron chi connectivity index (χ0n) is 17.5. The van der Waals surface area contributed by atoms with Gasteiger partial charge in [0.25, 0.3) is 0 Å². The molecule has 0 bridgehead atoms. The minimum atomic E-state index is -0.301. The van der Waals surface area contributed by atoms with E-state index in [-0.39, 0.29) is 5.63 Å². The number of nitrogens with zero attached hydrogens (tertiary/aromatic N) is 2. The molecule has 1 aliphatic heterocycles. The first-order valence-corrected chi connectivity index (χ1v) is 10.4. The predicted octanol–water partition coefficient (Wildman–Crippen LogP) is 4.16. The minimum absolute atomic E-state index is 0.301. The normalized spacial score (nSPS) is 15.1. The van der Waals surface area contributed by atoms with Crippen molar-refractivity contribution >= 4 is 22.3 Å². The van der Waals surface area contributed by atoms with Crippen molar-refractivity contribution in [3.8, 4) is 0 Å². The lowest BCUT2D eigenvalue weighted by atomic mass is 10.0. The van der Waals surface area contributed by atoms with Crippen LogP contribution in [0.5, 0.6) is 0 Å². The fourth-order valence-electron chi connectivity index (χ4n) is 3.98. The van der Waals surface area contributed by atoms with Crippen LogP contribution in [0.15, 0.2) is 51.7 Å². The lowest BCUT2D eigenvalue weighted by Crippen LogP contribution is -2.46. The van der Waals surface area contributed by atoms with Crippen molar-refractivity contribution in [1.29, 1.82) is 0 Å². The average molecular weight is 392 g/mol. The van der Waals surface area contributed by atoms with Crippen LogP contribution >= 0.6 is 0 Å². The fraction of sp³-hybridized carbons (Fsp3) is 0.375. The van der Waals surface area contributed by atoms with Crippen molar-refractivity contribution in [2.75, 3.05) is 42.9 Å². The highest BCUT2D eigenvalue weighted by molar-refractivity contribution is 5.84. The Balaban J connectivity index is 1.47. The van der Waals surface area contributed by atoms with Gasteiger partial charge in [-0.25, -0.2) is 4.79 Å². The Morgan fingerprint density at radius 2 is 1.72 bits per heavy atom. The molecule has 0 atom stereocenters. The smallest absolute Gasteiger partial charge is 0.336 e. The van der Waals surface area contributed by atoms with E-state index in [1.54, 1.807) is 6.07 Å². The number of rotatable bonds is 5. The highest BCUT2D eigenvalue weighted by Gasteiger charge is 2.15. The van der Waals surface area contributed by atoms with Gasteiger partial charge in [-0.3, -0.25) is 0 Å². The predicted molar refractivity (Wildman–Crippen MR) is 120 cm³/mol. The summed E-state index contributed by atoms with van der Waals surface area (Å²) in [6.07, 6.45) is 0. The molecule has 5 nitrogen and oxygen atoms in total. The van der Waals surface area contributed by atoms with Crippen LogP contribution < -0.4 is 15.8 Å². The van der Waals surface area contributed by atoms with Gasteiger partial charge in [-0.1, -0.05) is 19.1 Å². The Morgan fingerprint density at radius 3 is 2.41 bits per heavy atom. The van der Waals surface area contributed by atoms with Crippen molar-refractivity contribution in [1.82, 2.24) is 4.90 Å². The van der Waals surface area contributed by atoms with E-state index in [9.17, 15) is 4.79 Å². The Morgan fingerprint density at radius 1 is 1.00 bits per heavy atom. The van der Waals surface area contributed by atoms with Gasteiger partial charge < -0.3 is 19.5 Å². The molecule has 1 N–H and O–H groups in total. The number of nitrogens with one attached hydrogen (secondary N) is 1. The highest BCUT2D eigenvalue weighted by Crippen LogP contribution is 2.25. The number of benzene rings is 2. The fourth-order valence-corrected chi connectivity index (χ4v) is 3.98. The minimum Gasteiger partial charge on any atom is -0.422 e. The maximum atomic E-state index is 12.0. The molecular weight excluding hydrogens is 362 g/mol. The zero-order valence-corrected chi connectivity index (χ0v) is 17.5. The monoisotopic (exact) mass is 391 g/mol. The standard InChI is InChI=1S/C24H29N3O2/c1-4-26-11-13-27(14-12-26)21-8-6-20(7-9-21)25-16-19-15-23(28)29-24-18(3)17(2)5-10-22(19)24/h5-10,15,25H,4,11-14,16H2,1-3H3. The van der Waals surface area contributed by atoms with E-state index in [4.69, 9.17) is 4.42 Å². The van der Waals surface area contributed by atoms with Crippen molar-refractivity contribution < 1.29 is 4.42 Å². The number of piperazine rings is 1. The summed E-state index contributed by atoms with van der Waals surface area (Å²) < 4.78 is 5.47. The number of hydrogen-bond acceptors (Lipinski definition) is 5. The van der Waals surface area contributed by atoms with E-state index >= 15 is 0 Å². The van der Waals surface area contributed by atoms with Crippen LogP contribution in [0.4, 0.5) is 11.4 Å². The molecule has 0 unspecified atom stereocenters. The molecule has 29 heavy (non-hydrogen) atoms. The Kier molecular flexibility index (Phi) is 5.58. The third-order valence-corrected chi connectivity index (χ3v) is 6.05. The number of anilines is 2. The second-order valence-corrected chi connectivity index (χ2v) is 7.80. The number of likely N-dealkylation sites (N-methyl/N-ethyl adjacent to an activating group) is 1. The average Bonchev–Trinajstić information content (AvgIpc) is 2.75. The van der Waals surface area contributed by atoms with E-state index < -0.39 is 0 Å². The summed E-state index contributed by atoms with van der Waals surface area (Å²) in [5.41, 5.74) is 5.81. The van der Waals surface area contributed by atoms with Crippen LogP contribution in [-0.2, 0) is 6.54 Å². The van der Waals surface area contributed by atoms with Gasteiger partial charge in [0.2, 0.25) is 0 Å². The van der Waals surface area contributed by atoms with Gasteiger partial charge in [-0.15, -0.1) is 0 Å². The Hall–Kier alpha value is -2.79. The number of hydrogen-bond donors (Lipinski definition) is 1. The summed E-state index contributed by atoms with van der Waals surface area (Å²) in [6.45, 7) is 12.4. The summed E-state index contributed by atoms with van der Waals surface area (Å²) in [5, 5.41) is 4.44. The number of aryl methyl sites for hydroxylation is 2. The lowest BCUT2D eigenvalue weighted by Gasteiger charge is -2.35. The molecule has 0 radical (unpaired) electrons. The maximum Gasteiger partial charge on any atom is 0.336 e. The van der Waals surface area contributed by atoms with Gasteiger partial charge >= 0.3 is 5.63 Å². The first kappa shape index (κ1) is 19.5. The van der Waals surface area contributed by atoms with E-state index in [1.807, 2.05) is 19.9 Å². The zero-order chi connectivity index (χ0) is 20.4. The van der Waals surface area contributed by atoms with Crippen molar-refractivity contribution in [2.45, 2.75) is 27.3 Å². The molecular formula is C24H29N3O2. The SMILES string of the molecule is CCN1CCN(c2ccc(NCc3cc(=O)oc4c(C)c(C)ccc34)cc2)CC1. The summed E-state index contributed by atoms with van der Waals surface area (Å²) >= 11 is 0. The molecule has 0 saturated carbocycles. The summed E-state index contributed by atoms with van der Waals surface area (Å²) in [5.74, 6) is 0. The Bertz CT molecular complexity index is 1050. The van der Waals surface area contributed by atoms with Crippen LogP contribution in [0, 0.1) is 13.8 Å². The lowest BCUT2D eigenvalue weighted by molar-refractivity contribution is 0.271. The first-order valence-electron chi connectivity index (χ1n) is 10.4. The molecule has 1 saturated heterocycles. The largest absolute Gasteiger partial charge is 0.422 e. The molecule has 1 fully saturated rings. The molecule has 0 aliphatic carbocycles.